The fourth-order valence-electron chi connectivity index (χ4n) is 2.75. The fourth-order valence-corrected chi connectivity index (χ4v) is 5.45. The summed E-state index contributed by atoms with van der Waals surface area (Å²) in [6.07, 6.45) is 1.26. The molecule has 1 aliphatic heterocycles. The lowest BCUT2D eigenvalue weighted by Crippen LogP contribution is -2.46. The molecule has 0 radical (unpaired) electrons. The number of aryl methyl sites for hydroxylation is 1. The highest BCUT2D eigenvalue weighted by Gasteiger charge is 2.35. The fraction of sp³-hybridized carbons (Fsp3) is 0.375. The Bertz CT molecular complexity index is 926. The molecule has 1 fully saturated rings. The zero-order valence-corrected chi connectivity index (χ0v) is 16.3. The van der Waals surface area contributed by atoms with Gasteiger partial charge in [-0.25, -0.2) is 22.5 Å². The first kappa shape index (κ1) is 19.2. The Kier molecular flexibility index (Phi) is 5.61. The first-order valence-electron chi connectivity index (χ1n) is 7.95. The monoisotopic (exact) mass is 417 g/mol. The summed E-state index contributed by atoms with van der Waals surface area (Å²) in [5, 5.41) is 3.02. The van der Waals surface area contributed by atoms with Gasteiger partial charge in [0.2, 0.25) is 15.9 Å². The van der Waals surface area contributed by atoms with Crippen molar-refractivity contribution in [2.45, 2.75) is 31.4 Å². The van der Waals surface area contributed by atoms with Crippen LogP contribution in [0.1, 0.15) is 29.1 Å². The minimum atomic E-state index is -3.64. The van der Waals surface area contributed by atoms with Gasteiger partial charge in [0.1, 0.15) is 10.8 Å². The van der Waals surface area contributed by atoms with E-state index >= 15 is 0 Å². The number of carbonyl (C=O) groups excluding carboxylic acids is 1. The summed E-state index contributed by atoms with van der Waals surface area (Å²) in [6.45, 7) is 2.08. The summed E-state index contributed by atoms with van der Waals surface area (Å²) in [5.74, 6) is -0.992. The van der Waals surface area contributed by atoms with Crippen LogP contribution in [-0.4, -0.2) is 31.1 Å². The maximum Gasteiger partial charge on any atom is 0.244 e. The predicted molar refractivity (Wildman–Crippen MR) is 99.6 cm³/mol. The third-order valence-electron chi connectivity index (χ3n) is 3.97. The lowest BCUT2D eigenvalue weighted by Gasteiger charge is -2.21. The van der Waals surface area contributed by atoms with E-state index in [0.717, 1.165) is 0 Å². The molecule has 2 aromatic rings. The van der Waals surface area contributed by atoms with Crippen LogP contribution in [-0.2, 0) is 21.2 Å². The van der Waals surface area contributed by atoms with Crippen molar-refractivity contribution >= 4 is 43.9 Å². The number of halogens is 2. The van der Waals surface area contributed by atoms with Gasteiger partial charge < -0.3 is 5.32 Å². The van der Waals surface area contributed by atoms with Crippen molar-refractivity contribution in [2.24, 2.45) is 0 Å². The molecule has 1 aromatic heterocycles. The second-order valence-corrected chi connectivity index (χ2v) is 9.50. The first-order chi connectivity index (χ1) is 12.2. The Morgan fingerprint density at radius 1 is 1.46 bits per heavy atom. The largest absolute Gasteiger partial charge is 0.315 e. The van der Waals surface area contributed by atoms with E-state index in [2.05, 4.69) is 15.0 Å². The maximum atomic E-state index is 13.4. The van der Waals surface area contributed by atoms with Gasteiger partial charge in [-0.05, 0) is 43.5 Å². The molecule has 1 amide bonds. The minimum Gasteiger partial charge on any atom is -0.315 e. The van der Waals surface area contributed by atoms with Gasteiger partial charge in [0.25, 0.3) is 0 Å². The van der Waals surface area contributed by atoms with Gasteiger partial charge >= 0.3 is 0 Å². The maximum absolute atomic E-state index is 13.4. The molecule has 1 aromatic carbocycles. The van der Waals surface area contributed by atoms with Crippen LogP contribution in [0.5, 0.6) is 0 Å². The van der Waals surface area contributed by atoms with E-state index in [-0.39, 0.29) is 6.42 Å². The summed E-state index contributed by atoms with van der Waals surface area (Å²) in [4.78, 5) is 16.7. The van der Waals surface area contributed by atoms with Gasteiger partial charge in [-0.1, -0.05) is 11.6 Å². The average Bonchev–Trinajstić information content (AvgIpc) is 2.85. The molecular weight excluding hydrogens is 401 g/mol. The molecule has 2 heterocycles. The van der Waals surface area contributed by atoms with Crippen molar-refractivity contribution in [3.8, 4) is 0 Å². The molecule has 0 aliphatic carbocycles. The molecule has 0 bridgehead atoms. The number of nitrogens with zero attached hydrogens (tertiary/aromatic N) is 1. The van der Waals surface area contributed by atoms with E-state index in [1.165, 1.54) is 23.5 Å². The SMILES string of the molecule is Cc1nc(Cc2cc(F)cc(Cl)c2)sc1NC(=O)C1CCCNS1(=O)=O. The number of anilines is 1. The standard InChI is InChI=1S/C16H17ClFN3O3S2/c1-9-16(21-15(22)13-3-2-4-19-26(13,23)24)25-14(20-9)7-10-5-11(17)8-12(18)6-10/h5-6,8,13,19H,2-4,7H2,1H3,(H,21,22). The lowest BCUT2D eigenvalue weighted by molar-refractivity contribution is -0.116. The molecule has 2 N–H and O–H groups in total. The number of hydrogen-bond donors (Lipinski definition) is 2. The number of amides is 1. The number of rotatable bonds is 4. The number of aromatic nitrogens is 1. The van der Waals surface area contributed by atoms with Crippen LogP contribution in [0.15, 0.2) is 18.2 Å². The molecule has 1 saturated heterocycles. The van der Waals surface area contributed by atoms with Gasteiger partial charge in [-0.15, -0.1) is 11.3 Å². The zero-order chi connectivity index (χ0) is 18.9. The summed E-state index contributed by atoms with van der Waals surface area (Å²) in [7, 11) is -3.64. The third kappa shape index (κ3) is 4.40. The molecule has 140 valence electrons. The number of thiazole rings is 1. The van der Waals surface area contributed by atoms with E-state index in [9.17, 15) is 17.6 Å². The summed E-state index contributed by atoms with van der Waals surface area (Å²) in [6, 6.07) is 4.25. The van der Waals surface area contributed by atoms with Gasteiger partial charge in [0, 0.05) is 18.0 Å². The first-order valence-corrected chi connectivity index (χ1v) is 10.7. The third-order valence-corrected chi connectivity index (χ3v) is 7.07. The van der Waals surface area contributed by atoms with Crippen LogP contribution < -0.4 is 10.0 Å². The van der Waals surface area contributed by atoms with E-state index in [4.69, 9.17) is 11.6 Å². The van der Waals surface area contributed by atoms with Crippen molar-refractivity contribution < 1.29 is 17.6 Å². The summed E-state index contributed by atoms with van der Waals surface area (Å²) >= 11 is 7.09. The number of nitrogens with one attached hydrogen (secondary N) is 2. The number of benzene rings is 1. The van der Waals surface area contributed by atoms with Crippen molar-refractivity contribution in [1.82, 2.24) is 9.71 Å². The highest BCUT2D eigenvalue weighted by Crippen LogP contribution is 2.28. The summed E-state index contributed by atoms with van der Waals surface area (Å²) in [5.41, 5.74) is 1.25. The Balaban J connectivity index is 1.75. The number of hydrogen-bond acceptors (Lipinski definition) is 5. The number of carbonyl (C=O) groups is 1. The van der Waals surface area contributed by atoms with Crippen LogP contribution >= 0.6 is 22.9 Å². The van der Waals surface area contributed by atoms with E-state index in [0.29, 0.717) is 45.7 Å². The Labute approximate surface area is 159 Å². The lowest BCUT2D eigenvalue weighted by atomic mass is 10.1. The van der Waals surface area contributed by atoms with Crippen molar-refractivity contribution in [2.75, 3.05) is 11.9 Å². The summed E-state index contributed by atoms with van der Waals surface area (Å²) < 4.78 is 39.8. The van der Waals surface area contributed by atoms with E-state index in [1.807, 2.05) is 0 Å². The van der Waals surface area contributed by atoms with Crippen molar-refractivity contribution in [1.29, 1.82) is 0 Å². The average molecular weight is 418 g/mol. The number of sulfonamides is 1. The van der Waals surface area contributed by atoms with Gasteiger partial charge in [-0.2, -0.15) is 0 Å². The zero-order valence-electron chi connectivity index (χ0n) is 13.9. The van der Waals surface area contributed by atoms with Gasteiger partial charge in [-0.3, -0.25) is 4.79 Å². The van der Waals surface area contributed by atoms with Crippen LogP contribution in [0.3, 0.4) is 0 Å². The minimum absolute atomic E-state index is 0.285. The van der Waals surface area contributed by atoms with E-state index in [1.54, 1.807) is 13.0 Å². The van der Waals surface area contributed by atoms with E-state index < -0.39 is 27.0 Å². The van der Waals surface area contributed by atoms with Crippen LogP contribution in [0.25, 0.3) is 0 Å². The molecule has 10 heteroatoms. The molecular formula is C16H17ClFN3O3S2. The Hall–Kier alpha value is -1.55. The predicted octanol–water partition coefficient (Wildman–Crippen LogP) is 2.86. The molecule has 0 spiro atoms. The second-order valence-electron chi connectivity index (χ2n) is 6.04. The Morgan fingerprint density at radius 3 is 2.92 bits per heavy atom. The second kappa shape index (κ2) is 7.59. The van der Waals surface area contributed by atoms with Crippen molar-refractivity contribution in [3.05, 3.63) is 45.3 Å². The highest BCUT2D eigenvalue weighted by atomic mass is 35.5. The van der Waals surface area contributed by atoms with Gasteiger partial charge in [0.05, 0.1) is 10.7 Å². The van der Waals surface area contributed by atoms with Crippen LogP contribution in [0.4, 0.5) is 9.39 Å². The molecule has 6 nitrogen and oxygen atoms in total. The molecule has 0 saturated carbocycles. The molecule has 1 unspecified atom stereocenters. The molecule has 1 atom stereocenters. The van der Waals surface area contributed by atoms with Crippen LogP contribution in [0.2, 0.25) is 5.02 Å². The van der Waals surface area contributed by atoms with Gasteiger partial charge in [0.15, 0.2) is 5.25 Å². The quantitative estimate of drug-likeness (QED) is 0.800. The molecule has 1 aliphatic rings. The van der Waals surface area contributed by atoms with Crippen molar-refractivity contribution in [3.63, 3.8) is 0 Å². The molecule has 3 rings (SSSR count). The molecule has 26 heavy (non-hydrogen) atoms. The smallest absolute Gasteiger partial charge is 0.244 e. The highest BCUT2D eigenvalue weighted by molar-refractivity contribution is 7.91. The topological polar surface area (TPSA) is 88.2 Å². The normalized spacial score (nSPS) is 19.3. The van der Waals surface area contributed by atoms with Crippen LogP contribution in [0, 0.1) is 12.7 Å². The Morgan fingerprint density at radius 2 is 2.23 bits per heavy atom.